The Bertz CT molecular complexity index is 1040. The van der Waals surface area contributed by atoms with Gasteiger partial charge < -0.3 is 5.73 Å². The van der Waals surface area contributed by atoms with E-state index in [4.69, 9.17) is 5.73 Å². The highest BCUT2D eigenvalue weighted by Gasteiger charge is 2.37. The average Bonchev–Trinajstić information content (AvgIpc) is 2.94. The molecule has 1 aromatic carbocycles. The molecule has 0 radical (unpaired) electrons. The number of nitrogens with one attached hydrogen (secondary N) is 2. The van der Waals surface area contributed by atoms with E-state index in [1.807, 2.05) is 51.1 Å². The Balaban J connectivity index is 2.12. The first-order valence-electron chi connectivity index (χ1n) is 15.4. The van der Waals surface area contributed by atoms with E-state index in [0.717, 1.165) is 37.7 Å². The Morgan fingerprint density at radius 1 is 1.00 bits per heavy atom. The monoisotopic (exact) mass is 567 g/mol. The van der Waals surface area contributed by atoms with Crippen molar-refractivity contribution >= 4 is 23.3 Å². The summed E-state index contributed by atoms with van der Waals surface area (Å²) in [4.78, 5) is 52.3. The van der Waals surface area contributed by atoms with Crippen molar-refractivity contribution in [2.75, 3.05) is 13.1 Å². The third kappa shape index (κ3) is 11.6. The van der Waals surface area contributed by atoms with Gasteiger partial charge in [-0.3, -0.25) is 29.8 Å². The molecule has 0 saturated carbocycles. The van der Waals surface area contributed by atoms with Gasteiger partial charge in [0.1, 0.15) is 5.78 Å². The van der Waals surface area contributed by atoms with E-state index in [2.05, 4.69) is 36.6 Å². The average molecular weight is 568 g/mol. The van der Waals surface area contributed by atoms with Crippen LogP contribution in [-0.2, 0) is 25.6 Å². The van der Waals surface area contributed by atoms with Crippen molar-refractivity contribution in [3.63, 3.8) is 0 Å². The van der Waals surface area contributed by atoms with Crippen LogP contribution in [0.25, 0.3) is 0 Å². The van der Waals surface area contributed by atoms with Gasteiger partial charge in [-0.1, -0.05) is 63.3 Å². The van der Waals surface area contributed by atoms with Crippen LogP contribution in [0.3, 0.4) is 0 Å². The third-order valence-electron chi connectivity index (χ3n) is 8.61. The minimum atomic E-state index is -0.908. The van der Waals surface area contributed by atoms with Crippen molar-refractivity contribution in [3.05, 3.63) is 48.0 Å². The summed E-state index contributed by atoms with van der Waals surface area (Å²) in [6.45, 7) is 10.1. The lowest BCUT2D eigenvalue weighted by molar-refractivity contribution is -0.128. The van der Waals surface area contributed by atoms with E-state index in [9.17, 15) is 19.2 Å². The molecule has 0 bridgehead atoms. The molecule has 4 N–H and O–H groups in total. The summed E-state index contributed by atoms with van der Waals surface area (Å²) in [7, 11) is 0. The smallest absolute Gasteiger partial charge is 0.220 e. The zero-order valence-electron chi connectivity index (χ0n) is 26.0. The van der Waals surface area contributed by atoms with Crippen molar-refractivity contribution in [2.45, 2.75) is 110 Å². The Labute approximate surface area is 247 Å². The van der Waals surface area contributed by atoms with Gasteiger partial charge in [0.25, 0.3) is 0 Å². The summed E-state index contributed by atoms with van der Waals surface area (Å²) in [6.07, 6.45) is 10.7. The van der Waals surface area contributed by atoms with Crippen LogP contribution < -0.4 is 16.4 Å². The molecular formula is C34H53N3O4. The largest absolute Gasteiger partial charge is 0.369 e. The third-order valence-corrected chi connectivity index (χ3v) is 8.61. The molecule has 0 saturated heterocycles. The number of hydrogen-bond acceptors (Lipinski definition) is 6. The highest BCUT2D eigenvalue weighted by atomic mass is 16.2. The maximum atomic E-state index is 13.6. The first kappa shape index (κ1) is 34.6. The standard InChI is InChI=1S/C34H53N3O4/c1-25(2)21-26(3)29(38)23-36-34(5)20-14-9-7-6-8-13-19-33(4,37-24-31(34)40)30(39)18-17-28(32(35)41)22-27-15-11-10-12-16-27/h6-7,10-12,15-16,25-26,28,36-37H,8-9,13-14,17-24H2,1-5H3,(H2,35,41)/b7-6-/t26-,28-,33-,34-/m0/s1. The number of primary amides is 1. The van der Waals surface area contributed by atoms with Crippen LogP contribution in [0.1, 0.15) is 98.0 Å². The Kier molecular flexibility index (Phi) is 14.1. The molecule has 0 aromatic heterocycles. The van der Waals surface area contributed by atoms with Gasteiger partial charge in [-0.05, 0) is 83.1 Å². The lowest BCUT2D eigenvalue weighted by Crippen LogP contribution is -2.58. The minimum absolute atomic E-state index is 0.0178. The first-order valence-corrected chi connectivity index (χ1v) is 15.4. The summed E-state index contributed by atoms with van der Waals surface area (Å²) in [5.74, 6) is -0.438. The van der Waals surface area contributed by atoms with E-state index < -0.39 is 22.9 Å². The first-order chi connectivity index (χ1) is 19.4. The summed E-state index contributed by atoms with van der Waals surface area (Å²) < 4.78 is 0. The molecule has 0 aliphatic carbocycles. The lowest BCUT2D eigenvalue weighted by atomic mass is 9.84. The van der Waals surface area contributed by atoms with Gasteiger partial charge in [-0.2, -0.15) is 0 Å². The van der Waals surface area contributed by atoms with Gasteiger partial charge in [-0.25, -0.2) is 0 Å². The summed E-state index contributed by atoms with van der Waals surface area (Å²) in [5, 5.41) is 6.62. The second kappa shape index (κ2) is 16.7. The number of nitrogens with two attached hydrogens (primary N) is 1. The van der Waals surface area contributed by atoms with Gasteiger partial charge >= 0.3 is 0 Å². The summed E-state index contributed by atoms with van der Waals surface area (Å²) >= 11 is 0. The van der Waals surface area contributed by atoms with Gasteiger partial charge in [0.05, 0.1) is 24.2 Å². The fraction of sp³-hybridized carbons (Fsp3) is 0.647. The molecule has 1 aromatic rings. The number of rotatable bonds is 13. The van der Waals surface area contributed by atoms with Gasteiger partial charge in [0, 0.05) is 18.3 Å². The molecule has 1 aliphatic rings. The van der Waals surface area contributed by atoms with Crippen LogP contribution in [0.4, 0.5) is 0 Å². The van der Waals surface area contributed by atoms with Crippen LogP contribution in [-0.4, -0.2) is 47.4 Å². The molecule has 41 heavy (non-hydrogen) atoms. The van der Waals surface area contributed by atoms with Crippen LogP contribution in [0, 0.1) is 17.8 Å². The van der Waals surface area contributed by atoms with Crippen molar-refractivity contribution in [3.8, 4) is 0 Å². The predicted octanol–water partition coefficient (Wildman–Crippen LogP) is 5.11. The number of allylic oxidation sites excluding steroid dienone is 2. The second-order valence-electron chi connectivity index (χ2n) is 12.8. The highest BCUT2D eigenvalue weighted by Crippen LogP contribution is 2.24. The topological polar surface area (TPSA) is 118 Å². The molecule has 2 rings (SSSR count). The van der Waals surface area contributed by atoms with Gasteiger partial charge in [0.2, 0.25) is 5.91 Å². The summed E-state index contributed by atoms with van der Waals surface area (Å²) in [5.41, 5.74) is 4.93. The molecule has 7 heteroatoms. The van der Waals surface area contributed by atoms with E-state index in [1.165, 1.54) is 0 Å². The fourth-order valence-corrected chi connectivity index (χ4v) is 5.63. The van der Waals surface area contributed by atoms with Crippen molar-refractivity contribution in [2.24, 2.45) is 23.5 Å². The maximum absolute atomic E-state index is 13.6. The second-order valence-corrected chi connectivity index (χ2v) is 12.8. The molecular weight excluding hydrogens is 514 g/mol. The molecule has 7 nitrogen and oxygen atoms in total. The number of carbonyl (C=O) groups excluding carboxylic acids is 4. The highest BCUT2D eigenvalue weighted by molar-refractivity contribution is 5.93. The van der Waals surface area contributed by atoms with Crippen LogP contribution in [0.2, 0.25) is 0 Å². The molecule has 1 heterocycles. The normalized spacial score (nSPS) is 24.9. The lowest BCUT2D eigenvalue weighted by Gasteiger charge is -2.34. The molecule has 228 valence electrons. The number of carbonyl (C=O) groups is 4. The quantitative estimate of drug-likeness (QED) is 0.285. The van der Waals surface area contributed by atoms with Crippen molar-refractivity contribution < 1.29 is 19.2 Å². The van der Waals surface area contributed by atoms with Crippen molar-refractivity contribution in [1.82, 2.24) is 10.6 Å². The molecule has 0 spiro atoms. The van der Waals surface area contributed by atoms with E-state index in [0.29, 0.717) is 31.6 Å². The van der Waals surface area contributed by atoms with Crippen molar-refractivity contribution in [1.29, 1.82) is 0 Å². The summed E-state index contributed by atoms with van der Waals surface area (Å²) in [6, 6.07) is 9.68. The van der Waals surface area contributed by atoms with Gasteiger partial charge in [0.15, 0.2) is 11.6 Å². The van der Waals surface area contributed by atoms with E-state index >= 15 is 0 Å². The zero-order valence-corrected chi connectivity index (χ0v) is 26.0. The Morgan fingerprint density at radius 3 is 2.24 bits per heavy atom. The van der Waals surface area contributed by atoms with Crippen LogP contribution >= 0.6 is 0 Å². The maximum Gasteiger partial charge on any atom is 0.220 e. The number of benzene rings is 1. The fourth-order valence-electron chi connectivity index (χ4n) is 5.63. The Hall–Kier alpha value is -2.64. The molecule has 0 unspecified atom stereocenters. The number of ketones is 3. The molecule has 4 atom stereocenters. The van der Waals surface area contributed by atoms with E-state index in [1.54, 1.807) is 0 Å². The SMILES string of the molecule is CC(C)C[C@H](C)C(=O)CN[C@@]1(C)CCC/C=C\CCC[C@@](C)(C(=O)CC[C@@H](Cc2ccccc2)C(N)=O)NCC1=O. The predicted molar refractivity (Wildman–Crippen MR) is 165 cm³/mol. The van der Waals surface area contributed by atoms with Crippen LogP contribution in [0.5, 0.6) is 0 Å². The van der Waals surface area contributed by atoms with Gasteiger partial charge in [-0.15, -0.1) is 0 Å². The zero-order chi connectivity index (χ0) is 30.5. The molecule has 1 amide bonds. The number of hydrogen-bond donors (Lipinski definition) is 3. The minimum Gasteiger partial charge on any atom is -0.369 e. The van der Waals surface area contributed by atoms with E-state index in [-0.39, 0.29) is 42.8 Å². The molecule has 1 aliphatic heterocycles. The van der Waals surface area contributed by atoms with Crippen LogP contribution in [0.15, 0.2) is 42.5 Å². The number of Topliss-reactive ketones (excluding diaryl/α,β-unsaturated/α-hetero) is 3. The molecule has 0 fully saturated rings. The number of amides is 1. The Morgan fingerprint density at radius 2 is 1.63 bits per heavy atom.